The Kier molecular flexibility index (Phi) is 7.49. The minimum Gasteiger partial charge on any atom is -0.494 e. The molecule has 1 heterocycles. The molecule has 152 valence electrons. The Morgan fingerprint density at radius 2 is 1.93 bits per heavy atom. The zero-order valence-corrected chi connectivity index (χ0v) is 17.6. The van der Waals surface area contributed by atoms with E-state index in [1.54, 1.807) is 36.4 Å². The Labute approximate surface area is 177 Å². The van der Waals surface area contributed by atoms with Gasteiger partial charge in [-0.05, 0) is 61.4 Å². The van der Waals surface area contributed by atoms with Crippen molar-refractivity contribution in [3.8, 4) is 5.75 Å². The van der Waals surface area contributed by atoms with E-state index in [2.05, 4.69) is 5.32 Å². The first-order valence-corrected chi connectivity index (χ1v) is 11.0. The highest BCUT2D eigenvalue weighted by Crippen LogP contribution is 2.18. The Hall–Kier alpha value is -2.57. The molecule has 3 rings (SSSR count). The van der Waals surface area contributed by atoms with Crippen LogP contribution < -0.4 is 10.1 Å². The topological polar surface area (TPSA) is 68.5 Å². The van der Waals surface area contributed by atoms with Crippen molar-refractivity contribution in [1.29, 1.82) is 0 Å². The molecule has 0 bridgehead atoms. The number of carbonyl (C=O) groups excluding carboxylic acids is 1. The number of benzene rings is 2. The second-order valence-electron chi connectivity index (χ2n) is 6.30. The summed E-state index contributed by atoms with van der Waals surface area (Å²) in [5.74, 6) is 1.41. The van der Waals surface area contributed by atoms with Gasteiger partial charge < -0.3 is 14.5 Å². The molecule has 0 saturated carbocycles. The van der Waals surface area contributed by atoms with Gasteiger partial charge >= 0.3 is 0 Å². The van der Waals surface area contributed by atoms with Crippen LogP contribution in [0.5, 0.6) is 5.75 Å². The van der Waals surface area contributed by atoms with Crippen molar-refractivity contribution in [2.24, 2.45) is 0 Å². The van der Waals surface area contributed by atoms with Crippen LogP contribution in [0.4, 0.5) is 0 Å². The maximum Gasteiger partial charge on any atom is 0.287 e. The highest BCUT2D eigenvalue weighted by atomic mass is 35.5. The quantitative estimate of drug-likeness (QED) is 0.537. The van der Waals surface area contributed by atoms with E-state index in [1.165, 1.54) is 0 Å². The third-order valence-electron chi connectivity index (χ3n) is 4.15. The summed E-state index contributed by atoms with van der Waals surface area (Å²) in [4.78, 5) is 12.9. The lowest BCUT2D eigenvalue weighted by Crippen LogP contribution is -2.25. The Morgan fingerprint density at radius 1 is 1.14 bits per heavy atom. The Morgan fingerprint density at radius 3 is 2.66 bits per heavy atom. The minimum atomic E-state index is -1.30. The normalized spacial score (nSPS) is 11.8. The molecule has 0 unspecified atom stereocenters. The molecule has 0 fully saturated rings. The number of ether oxygens (including phenoxy) is 1. The summed E-state index contributed by atoms with van der Waals surface area (Å²) in [6.07, 6.45) is 0.699. The predicted octanol–water partition coefficient (Wildman–Crippen LogP) is 4.61. The van der Waals surface area contributed by atoms with Gasteiger partial charge in [0.1, 0.15) is 11.5 Å². The Balaban J connectivity index is 1.49. The van der Waals surface area contributed by atoms with E-state index >= 15 is 0 Å². The van der Waals surface area contributed by atoms with Gasteiger partial charge in [0, 0.05) is 16.5 Å². The van der Waals surface area contributed by atoms with Crippen molar-refractivity contribution in [3.63, 3.8) is 0 Å². The maximum atomic E-state index is 12.4. The van der Waals surface area contributed by atoms with Crippen molar-refractivity contribution in [2.75, 3.05) is 13.2 Å². The van der Waals surface area contributed by atoms with E-state index in [0.29, 0.717) is 35.3 Å². The van der Waals surface area contributed by atoms with Gasteiger partial charge in [0.05, 0.1) is 23.2 Å². The van der Waals surface area contributed by atoms with Gasteiger partial charge in [-0.15, -0.1) is 0 Å². The summed E-state index contributed by atoms with van der Waals surface area (Å²) >= 11 is 5.94. The first kappa shape index (κ1) is 21.1. The molecule has 0 aliphatic carbocycles. The smallest absolute Gasteiger partial charge is 0.287 e. The minimum absolute atomic E-state index is 0.180. The van der Waals surface area contributed by atoms with Gasteiger partial charge in [-0.2, -0.15) is 0 Å². The van der Waals surface area contributed by atoms with Crippen molar-refractivity contribution >= 4 is 28.3 Å². The van der Waals surface area contributed by atoms with Gasteiger partial charge in [-0.1, -0.05) is 29.8 Å². The summed E-state index contributed by atoms with van der Waals surface area (Å²) in [5, 5.41) is 3.37. The van der Waals surface area contributed by atoms with Crippen molar-refractivity contribution in [2.45, 2.75) is 24.0 Å². The van der Waals surface area contributed by atoms with Gasteiger partial charge in [-0.25, -0.2) is 0 Å². The van der Waals surface area contributed by atoms with Crippen LogP contribution in [0.15, 0.2) is 70.0 Å². The molecule has 2 aromatic carbocycles. The maximum absolute atomic E-state index is 12.4. The molecule has 1 aromatic heterocycles. The first-order chi connectivity index (χ1) is 14.0. The van der Waals surface area contributed by atoms with Gasteiger partial charge in [0.25, 0.3) is 5.91 Å². The molecule has 3 aromatic rings. The van der Waals surface area contributed by atoms with Crippen LogP contribution in [0.1, 0.15) is 28.8 Å². The second kappa shape index (κ2) is 10.3. The molecule has 0 saturated heterocycles. The average Bonchev–Trinajstić information content (AvgIpc) is 3.18. The van der Waals surface area contributed by atoms with E-state index in [4.69, 9.17) is 20.8 Å². The summed E-state index contributed by atoms with van der Waals surface area (Å²) < 4.78 is 23.4. The molecule has 29 heavy (non-hydrogen) atoms. The fraction of sp³-hybridized carbons (Fsp3) is 0.227. The molecule has 0 radical (unpaired) electrons. The number of halogens is 1. The second-order valence-corrected chi connectivity index (χ2v) is 8.18. The number of rotatable bonds is 9. The molecule has 0 aliphatic heterocycles. The molecular formula is C22H22ClNO4S. The zero-order chi connectivity index (χ0) is 20.6. The monoisotopic (exact) mass is 431 g/mol. The number of furan rings is 1. The van der Waals surface area contributed by atoms with Crippen molar-refractivity contribution in [3.05, 3.63) is 82.8 Å². The van der Waals surface area contributed by atoms with Crippen molar-refractivity contribution in [1.82, 2.24) is 5.32 Å². The van der Waals surface area contributed by atoms with Crippen LogP contribution in [0.25, 0.3) is 0 Å². The van der Waals surface area contributed by atoms with Crippen LogP contribution >= 0.6 is 11.6 Å². The highest BCUT2D eigenvalue weighted by molar-refractivity contribution is 7.84. The van der Waals surface area contributed by atoms with E-state index in [9.17, 15) is 9.00 Å². The highest BCUT2D eigenvalue weighted by Gasteiger charge is 2.13. The Bertz CT molecular complexity index is 984. The number of hydrogen-bond acceptors (Lipinski definition) is 4. The molecule has 5 nitrogen and oxygen atoms in total. The van der Waals surface area contributed by atoms with Crippen LogP contribution in [0.3, 0.4) is 0 Å². The molecule has 1 N–H and O–H groups in total. The van der Waals surface area contributed by atoms with Gasteiger partial charge in [0.15, 0.2) is 5.76 Å². The van der Waals surface area contributed by atoms with Crippen LogP contribution in [0.2, 0.25) is 5.02 Å². The molecule has 0 spiro atoms. The SMILES string of the molecule is CCOc1ccc(CCNC(=O)c2ccc(C[S@](=O)c3cccc(Cl)c3)o2)cc1. The van der Waals surface area contributed by atoms with E-state index in [0.717, 1.165) is 11.3 Å². The standard InChI is InChI=1S/C22H22ClNO4S/c1-2-27-18-8-6-16(7-9-18)12-13-24-22(25)21-11-10-19(28-21)15-29(26)20-5-3-4-17(23)14-20/h3-11,14H,2,12-13,15H2,1H3,(H,24,25)/t29-/m0/s1. The number of amides is 1. The third-order valence-corrected chi connectivity index (χ3v) is 5.71. The molecule has 1 atom stereocenters. The fourth-order valence-electron chi connectivity index (χ4n) is 2.73. The number of carbonyl (C=O) groups is 1. The van der Waals surface area contributed by atoms with E-state index < -0.39 is 10.8 Å². The fourth-order valence-corrected chi connectivity index (χ4v) is 4.05. The van der Waals surface area contributed by atoms with Crippen LogP contribution in [-0.4, -0.2) is 23.3 Å². The third kappa shape index (κ3) is 6.21. The molecule has 0 aliphatic rings. The van der Waals surface area contributed by atoms with Gasteiger partial charge in [-0.3, -0.25) is 9.00 Å². The van der Waals surface area contributed by atoms with E-state index in [-0.39, 0.29) is 17.4 Å². The first-order valence-electron chi connectivity index (χ1n) is 9.27. The zero-order valence-electron chi connectivity index (χ0n) is 16.0. The van der Waals surface area contributed by atoms with Crippen LogP contribution in [0, 0.1) is 0 Å². The molecular weight excluding hydrogens is 410 g/mol. The van der Waals surface area contributed by atoms with Crippen molar-refractivity contribution < 1.29 is 18.2 Å². The average molecular weight is 432 g/mol. The van der Waals surface area contributed by atoms with Gasteiger partial charge in [0.2, 0.25) is 0 Å². The lowest BCUT2D eigenvalue weighted by Gasteiger charge is -2.06. The predicted molar refractivity (Wildman–Crippen MR) is 114 cm³/mol. The summed E-state index contributed by atoms with van der Waals surface area (Å²) in [6.45, 7) is 3.06. The summed E-state index contributed by atoms with van der Waals surface area (Å²) in [5.41, 5.74) is 1.10. The van der Waals surface area contributed by atoms with Crippen LogP contribution in [-0.2, 0) is 23.0 Å². The lowest BCUT2D eigenvalue weighted by atomic mass is 10.1. The summed E-state index contributed by atoms with van der Waals surface area (Å²) in [6, 6.07) is 17.9. The largest absolute Gasteiger partial charge is 0.494 e. The molecule has 1 amide bonds. The molecule has 7 heteroatoms. The number of hydrogen-bond donors (Lipinski definition) is 1. The summed E-state index contributed by atoms with van der Waals surface area (Å²) in [7, 11) is -1.30. The number of nitrogens with one attached hydrogen (secondary N) is 1. The lowest BCUT2D eigenvalue weighted by molar-refractivity contribution is 0.0925. The van der Waals surface area contributed by atoms with E-state index in [1.807, 2.05) is 31.2 Å².